The van der Waals surface area contributed by atoms with Crippen molar-refractivity contribution in [1.82, 2.24) is 10.3 Å². The molecular weight excluding hydrogens is 312 g/mol. The van der Waals surface area contributed by atoms with Crippen molar-refractivity contribution >= 4 is 27.6 Å². The van der Waals surface area contributed by atoms with Gasteiger partial charge in [0.25, 0.3) is 5.91 Å². The van der Waals surface area contributed by atoms with Gasteiger partial charge in [-0.1, -0.05) is 36.4 Å². The summed E-state index contributed by atoms with van der Waals surface area (Å²) in [5.41, 5.74) is 2.71. The zero-order valence-electron chi connectivity index (χ0n) is 13.6. The first-order valence-electron chi connectivity index (χ1n) is 8.27. The van der Waals surface area contributed by atoms with Crippen LogP contribution in [-0.2, 0) is 6.42 Å². The second kappa shape index (κ2) is 6.32. The Morgan fingerprint density at radius 2 is 1.84 bits per heavy atom. The number of rotatable bonds is 4. The Kier molecular flexibility index (Phi) is 3.86. The first-order chi connectivity index (χ1) is 12.2. The van der Waals surface area contributed by atoms with E-state index in [0.717, 1.165) is 33.7 Å². The van der Waals surface area contributed by atoms with Crippen molar-refractivity contribution in [2.45, 2.75) is 6.42 Å². The van der Waals surface area contributed by atoms with Gasteiger partial charge in [0.2, 0.25) is 0 Å². The molecular formula is C21H18N2O2. The normalized spacial score (nSPS) is 11.0. The van der Waals surface area contributed by atoms with Gasteiger partial charge in [-0.2, -0.15) is 0 Å². The van der Waals surface area contributed by atoms with Crippen LogP contribution in [0.4, 0.5) is 0 Å². The van der Waals surface area contributed by atoms with Crippen molar-refractivity contribution < 1.29 is 9.90 Å². The average Bonchev–Trinajstić information content (AvgIpc) is 3.03. The number of carbonyl (C=O) groups excluding carboxylic acids is 1. The van der Waals surface area contributed by atoms with Crippen molar-refractivity contribution in [3.63, 3.8) is 0 Å². The molecule has 4 heteroatoms. The first-order valence-corrected chi connectivity index (χ1v) is 8.27. The number of nitrogens with one attached hydrogen (secondary N) is 2. The molecule has 0 aliphatic carbocycles. The van der Waals surface area contributed by atoms with E-state index in [1.165, 1.54) is 0 Å². The molecule has 3 N–H and O–H groups in total. The summed E-state index contributed by atoms with van der Waals surface area (Å²) in [7, 11) is 0. The number of phenolic OH excluding ortho intramolecular Hbond substituents is 1. The lowest BCUT2D eigenvalue weighted by atomic mass is 10.0. The number of aromatic hydroxyl groups is 1. The second-order valence-corrected chi connectivity index (χ2v) is 6.08. The molecule has 0 unspecified atom stereocenters. The van der Waals surface area contributed by atoms with Gasteiger partial charge in [0.1, 0.15) is 5.75 Å². The number of hydrogen-bond acceptors (Lipinski definition) is 2. The Labute approximate surface area is 145 Å². The summed E-state index contributed by atoms with van der Waals surface area (Å²) in [6.07, 6.45) is 2.65. The molecule has 3 aromatic carbocycles. The number of phenols is 1. The van der Waals surface area contributed by atoms with Gasteiger partial charge in [-0.05, 0) is 41.0 Å². The third-order valence-corrected chi connectivity index (χ3v) is 4.47. The van der Waals surface area contributed by atoms with Crippen molar-refractivity contribution in [1.29, 1.82) is 0 Å². The van der Waals surface area contributed by atoms with E-state index in [4.69, 9.17) is 0 Å². The number of hydrogen-bond donors (Lipinski definition) is 3. The van der Waals surface area contributed by atoms with Crippen molar-refractivity contribution in [3.05, 3.63) is 78.0 Å². The lowest BCUT2D eigenvalue weighted by Crippen LogP contribution is -2.25. The highest BCUT2D eigenvalue weighted by Gasteiger charge is 2.10. The highest BCUT2D eigenvalue weighted by molar-refractivity contribution is 6.07. The number of aromatic nitrogens is 1. The van der Waals surface area contributed by atoms with E-state index in [1.54, 1.807) is 12.1 Å². The highest BCUT2D eigenvalue weighted by atomic mass is 16.3. The number of benzene rings is 3. The van der Waals surface area contributed by atoms with Gasteiger partial charge >= 0.3 is 0 Å². The maximum atomic E-state index is 12.5. The minimum Gasteiger partial charge on any atom is -0.508 e. The van der Waals surface area contributed by atoms with E-state index in [1.807, 2.05) is 54.7 Å². The molecule has 0 spiro atoms. The molecule has 0 aliphatic heterocycles. The zero-order chi connectivity index (χ0) is 17.2. The van der Waals surface area contributed by atoms with E-state index < -0.39 is 0 Å². The summed E-state index contributed by atoms with van der Waals surface area (Å²) in [6.45, 7) is 0.551. The lowest BCUT2D eigenvalue weighted by Gasteiger charge is -2.08. The highest BCUT2D eigenvalue weighted by Crippen LogP contribution is 2.23. The zero-order valence-corrected chi connectivity index (χ0v) is 13.6. The van der Waals surface area contributed by atoms with Crippen molar-refractivity contribution in [2.24, 2.45) is 0 Å². The predicted octanol–water partition coefficient (Wildman–Crippen LogP) is 4.00. The van der Waals surface area contributed by atoms with E-state index in [2.05, 4.69) is 10.3 Å². The molecule has 4 rings (SSSR count). The van der Waals surface area contributed by atoms with Gasteiger partial charge in [-0.3, -0.25) is 4.79 Å². The summed E-state index contributed by atoms with van der Waals surface area (Å²) >= 11 is 0. The summed E-state index contributed by atoms with van der Waals surface area (Å²) in [5, 5.41) is 15.6. The van der Waals surface area contributed by atoms with Crippen LogP contribution in [0.15, 0.2) is 66.9 Å². The minimum atomic E-state index is -0.0608. The third kappa shape index (κ3) is 2.94. The smallest absolute Gasteiger partial charge is 0.251 e. The molecule has 4 nitrogen and oxygen atoms in total. The van der Waals surface area contributed by atoms with Gasteiger partial charge in [0.05, 0.1) is 0 Å². The maximum Gasteiger partial charge on any atom is 0.251 e. The molecule has 1 amide bonds. The van der Waals surface area contributed by atoms with E-state index in [0.29, 0.717) is 12.1 Å². The molecule has 0 fully saturated rings. The summed E-state index contributed by atoms with van der Waals surface area (Å²) < 4.78 is 0. The Hall–Kier alpha value is -3.27. The largest absolute Gasteiger partial charge is 0.508 e. The third-order valence-electron chi connectivity index (χ3n) is 4.47. The first kappa shape index (κ1) is 15.3. The van der Waals surface area contributed by atoms with Crippen LogP contribution < -0.4 is 5.32 Å². The molecule has 4 aromatic rings. The summed E-state index contributed by atoms with van der Waals surface area (Å²) in [6, 6.07) is 18.9. The maximum absolute atomic E-state index is 12.5. The number of H-pyrrole nitrogens is 1. The Morgan fingerprint density at radius 3 is 2.76 bits per heavy atom. The van der Waals surface area contributed by atoms with Crippen LogP contribution in [0.5, 0.6) is 5.75 Å². The SMILES string of the molecule is O=C(NCCc1c[nH]c2cc(O)ccc12)c1cccc2ccccc12. The standard InChI is InChI=1S/C21H18N2O2/c24-16-8-9-18-15(13-23-20(18)12-16)10-11-22-21(25)19-7-3-5-14-4-1-2-6-17(14)19/h1-9,12-13,23-24H,10-11H2,(H,22,25). The van der Waals surface area contributed by atoms with Gasteiger partial charge in [0.15, 0.2) is 0 Å². The molecule has 1 aromatic heterocycles. The van der Waals surface area contributed by atoms with Gasteiger partial charge in [-0.15, -0.1) is 0 Å². The van der Waals surface area contributed by atoms with Crippen LogP contribution in [0.1, 0.15) is 15.9 Å². The molecule has 124 valence electrons. The molecule has 0 saturated carbocycles. The fourth-order valence-corrected chi connectivity index (χ4v) is 3.21. The van der Waals surface area contributed by atoms with Crippen LogP contribution >= 0.6 is 0 Å². The van der Waals surface area contributed by atoms with Gasteiger partial charge in [0, 0.05) is 35.3 Å². The van der Waals surface area contributed by atoms with Crippen molar-refractivity contribution in [3.8, 4) is 5.75 Å². The predicted molar refractivity (Wildman–Crippen MR) is 99.9 cm³/mol. The van der Waals surface area contributed by atoms with Gasteiger partial charge in [-0.25, -0.2) is 0 Å². The van der Waals surface area contributed by atoms with E-state index >= 15 is 0 Å². The number of fused-ring (bicyclic) bond motifs is 2. The van der Waals surface area contributed by atoms with E-state index in [-0.39, 0.29) is 11.7 Å². The number of carbonyl (C=O) groups is 1. The molecule has 0 saturated heterocycles. The molecule has 0 atom stereocenters. The monoisotopic (exact) mass is 330 g/mol. The van der Waals surface area contributed by atoms with Crippen LogP contribution in [0.3, 0.4) is 0 Å². The summed E-state index contributed by atoms with van der Waals surface area (Å²) in [4.78, 5) is 15.7. The van der Waals surface area contributed by atoms with Crippen LogP contribution in [0.2, 0.25) is 0 Å². The average molecular weight is 330 g/mol. The fraction of sp³-hybridized carbons (Fsp3) is 0.0952. The molecule has 1 heterocycles. The van der Waals surface area contributed by atoms with E-state index in [9.17, 15) is 9.90 Å². The molecule has 0 radical (unpaired) electrons. The topological polar surface area (TPSA) is 65.1 Å². The molecule has 0 aliphatic rings. The number of aromatic amines is 1. The fourth-order valence-electron chi connectivity index (χ4n) is 3.21. The lowest BCUT2D eigenvalue weighted by molar-refractivity contribution is 0.0956. The quantitative estimate of drug-likeness (QED) is 0.529. The number of amides is 1. The minimum absolute atomic E-state index is 0.0608. The Balaban J connectivity index is 1.48. The Morgan fingerprint density at radius 1 is 1.00 bits per heavy atom. The Bertz CT molecular complexity index is 1060. The molecule has 25 heavy (non-hydrogen) atoms. The van der Waals surface area contributed by atoms with Gasteiger partial charge < -0.3 is 15.4 Å². The van der Waals surface area contributed by atoms with Crippen LogP contribution in [-0.4, -0.2) is 22.5 Å². The second-order valence-electron chi connectivity index (χ2n) is 6.08. The molecule has 0 bridgehead atoms. The van der Waals surface area contributed by atoms with Crippen molar-refractivity contribution in [2.75, 3.05) is 6.54 Å². The van der Waals surface area contributed by atoms with Crippen LogP contribution in [0, 0.1) is 0 Å². The summed E-state index contributed by atoms with van der Waals surface area (Å²) in [5.74, 6) is 0.180. The van der Waals surface area contributed by atoms with Crippen LogP contribution in [0.25, 0.3) is 21.7 Å².